The molecule has 0 saturated carbocycles. The van der Waals surface area contributed by atoms with Gasteiger partial charge in [-0.05, 0) is 36.6 Å². The fourth-order valence-electron chi connectivity index (χ4n) is 2.14. The topological polar surface area (TPSA) is 132 Å². The molecule has 24 heavy (non-hydrogen) atoms. The second-order valence-electron chi connectivity index (χ2n) is 5.79. The van der Waals surface area contributed by atoms with Crippen LogP contribution in [0.5, 0.6) is 0 Å². The van der Waals surface area contributed by atoms with Crippen molar-refractivity contribution in [1.29, 1.82) is 0 Å². The van der Waals surface area contributed by atoms with Crippen molar-refractivity contribution >= 4 is 34.1 Å². The predicted octanol–water partition coefficient (Wildman–Crippen LogP) is 0.471. The molecule has 1 rings (SSSR count). The highest BCUT2D eigenvalue weighted by Crippen LogP contribution is 2.13. The van der Waals surface area contributed by atoms with Gasteiger partial charge in [0, 0.05) is 18.2 Å². The fourth-order valence-corrected chi connectivity index (χ4v) is 3.23. The smallest absolute Gasteiger partial charge is 0.251 e. The first-order valence-electron chi connectivity index (χ1n) is 7.27. The molecule has 136 valence electrons. The van der Waals surface area contributed by atoms with Crippen LogP contribution in [0.15, 0.2) is 29.2 Å². The molecule has 5 N–H and O–H groups in total. The van der Waals surface area contributed by atoms with Gasteiger partial charge in [0.2, 0.25) is 5.91 Å². The minimum Gasteiger partial charge on any atom is -0.369 e. The third-order valence-corrected chi connectivity index (χ3v) is 4.84. The molecule has 0 spiro atoms. The van der Waals surface area contributed by atoms with Crippen LogP contribution < -0.4 is 16.8 Å². The zero-order chi connectivity index (χ0) is 17.6. The van der Waals surface area contributed by atoms with Crippen LogP contribution in [0.1, 0.15) is 30.6 Å². The maximum atomic E-state index is 12.1. The Balaban J connectivity index is 0.00000529. The van der Waals surface area contributed by atoms with Crippen molar-refractivity contribution in [3.05, 3.63) is 29.8 Å². The molecule has 0 aliphatic carbocycles. The van der Waals surface area contributed by atoms with E-state index in [2.05, 4.69) is 5.32 Å². The molecule has 7 nitrogen and oxygen atoms in total. The molecule has 0 aliphatic rings. The summed E-state index contributed by atoms with van der Waals surface area (Å²) >= 11 is 0. The zero-order valence-corrected chi connectivity index (χ0v) is 15.3. The standard InChI is InChI=1S/C15H23N3O4S.ClH/c1-10(2)7-12(8-16)18-15(20)11-3-5-13(6-4-11)23(21,22)9-14(17)19;/h3-6,10,12H,7-9,16H2,1-2H3,(H2,17,19)(H,18,20);1H. The Hall–Kier alpha value is -1.64. The van der Waals surface area contributed by atoms with Crippen molar-refractivity contribution in [3.63, 3.8) is 0 Å². The molecule has 0 bridgehead atoms. The Morgan fingerprint density at radius 3 is 2.12 bits per heavy atom. The molecule has 2 amide bonds. The Morgan fingerprint density at radius 1 is 1.17 bits per heavy atom. The van der Waals surface area contributed by atoms with E-state index in [-0.39, 0.29) is 29.3 Å². The minimum absolute atomic E-state index is 0. The van der Waals surface area contributed by atoms with Crippen molar-refractivity contribution in [2.45, 2.75) is 31.2 Å². The van der Waals surface area contributed by atoms with E-state index < -0.39 is 21.5 Å². The summed E-state index contributed by atoms with van der Waals surface area (Å²) in [5.74, 6) is -1.61. The van der Waals surface area contributed by atoms with Gasteiger partial charge in [0.1, 0.15) is 5.75 Å². The van der Waals surface area contributed by atoms with E-state index in [9.17, 15) is 18.0 Å². The lowest BCUT2D eigenvalue weighted by molar-refractivity contribution is -0.115. The van der Waals surface area contributed by atoms with Crippen LogP contribution in [0.4, 0.5) is 0 Å². The Bertz CT molecular complexity index is 660. The van der Waals surface area contributed by atoms with Gasteiger partial charge in [-0.15, -0.1) is 12.4 Å². The number of halogens is 1. The summed E-state index contributed by atoms with van der Waals surface area (Å²) in [5, 5.41) is 2.82. The summed E-state index contributed by atoms with van der Waals surface area (Å²) in [5.41, 5.74) is 10.9. The first-order valence-corrected chi connectivity index (χ1v) is 8.93. The molecular weight excluding hydrogens is 354 g/mol. The zero-order valence-electron chi connectivity index (χ0n) is 13.7. The highest BCUT2D eigenvalue weighted by molar-refractivity contribution is 7.92. The number of rotatable bonds is 8. The average molecular weight is 378 g/mol. The van der Waals surface area contributed by atoms with Crippen LogP contribution in [-0.2, 0) is 14.6 Å². The predicted molar refractivity (Wildman–Crippen MR) is 94.7 cm³/mol. The summed E-state index contributed by atoms with van der Waals surface area (Å²) in [4.78, 5) is 22.9. The molecule has 0 fully saturated rings. The molecular formula is C15H24ClN3O4S. The number of nitrogens with two attached hydrogens (primary N) is 2. The number of carbonyl (C=O) groups is 2. The number of benzene rings is 1. The molecule has 0 aromatic heterocycles. The van der Waals surface area contributed by atoms with Crippen LogP contribution in [0, 0.1) is 5.92 Å². The SMILES string of the molecule is CC(C)CC(CN)NC(=O)c1ccc(S(=O)(=O)CC(N)=O)cc1.Cl. The van der Waals surface area contributed by atoms with Crippen molar-refractivity contribution < 1.29 is 18.0 Å². The molecule has 1 aromatic rings. The molecule has 1 atom stereocenters. The van der Waals surface area contributed by atoms with E-state index in [0.29, 0.717) is 18.0 Å². The summed E-state index contributed by atoms with van der Waals surface area (Å²) in [6, 6.07) is 5.22. The van der Waals surface area contributed by atoms with Crippen LogP contribution in [0.2, 0.25) is 0 Å². The summed E-state index contributed by atoms with van der Waals surface area (Å²) < 4.78 is 23.7. The molecule has 0 aliphatic heterocycles. The number of amides is 2. The van der Waals surface area contributed by atoms with Gasteiger partial charge in [-0.2, -0.15) is 0 Å². The van der Waals surface area contributed by atoms with E-state index in [0.717, 1.165) is 6.42 Å². The third-order valence-electron chi connectivity index (χ3n) is 3.18. The largest absolute Gasteiger partial charge is 0.369 e. The summed E-state index contributed by atoms with van der Waals surface area (Å²) in [7, 11) is -3.77. The van der Waals surface area contributed by atoms with Crippen molar-refractivity contribution in [1.82, 2.24) is 5.32 Å². The third kappa shape index (κ3) is 6.86. The Kier molecular flexibility index (Phi) is 8.95. The minimum atomic E-state index is -3.77. The van der Waals surface area contributed by atoms with Gasteiger partial charge < -0.3 is 16.8 Å². The lowest BCUT2D eigenvalue weighted by atomic mass is 10.0. The fraction of sp³-hybridized carbons (Fsp3) is 0.467. The van der Waals surface area contributed by atoms with Crippen LogP contribution in [-0.4, -0.2) is 38.6 Å². The quantitative estimate of drug-likeness (QED) is 0.605. The molecule has 9 heteroatoms. The van der Waals surface area contributed by atoms with Crippen molar-refractivity contribution in [3.8, 4) is 0 Å². The number of hydrogen-bond acceptors (Lipinski definition) is 5. The van der Waals surface area contributed by atoms with Gasteiger partial charge in [0.05, 0.1) is 4.90 Å². The van der Waals surface area contributed by atoms with Crippen LogP contribution in [0.25, 0.3) is 0 Å². The Morgan fingerprint density at radius 2 is 1.71 bits per heavy atom. The van der Waals surface area contributed by atoms with E-state index in [1.807, 2.05) is 13.8 Å². The number of primary amides is 1. The number of sulfone groups is 1. The van der Waals surface area contributed by atoms with Gasteiger partial charge in [0.15, 0.2) is 9.84 Å². The normalized spacial score (nSPS) is 12.3. The van der Waals surface area contributed by atoms with Crippen LogP contribution >= 0.6 is 12.4 Å². The maximum absolute atomic E-state index is 12.1. The maximum Gasteiger partial charge on any atom is 0.251 e. The Labute approximate surface area is 148 Å². The first-order chi connectivity index (χ1) is 10.7. The van der Waals surface area contributed by atoms with E-state index in [4.69, 9.17) is 11.5 Å². The summed E-state index contributed by atoms with van der Waals surface area (Å²) in [6.45, 7) is 4.40. The molecule has 1 aromatic carbocycles. The summed E-state index contributed by atoms with van der Waals surface area (Å²) in [6.07, 6.45) is 0.757. The number of hydrogen-bond donors (Lipinski definition) is 3. The molecule has 1 unspecified atom stereocenters. The first kappa shape index (κ1) is 22.4. The number of nitrogens with one attached hydrogen (secondary N) is 1. The van der Waals surface area contributed by atoms with Gasteiger partial charge in [-0.25, -0.2) is 8.42 Å². The van der Waals surface area contributed by atoms with Crippen molar-refractivity contribution in [2.75, 3.05) is 12.3 Å². The molecule has 0 heterocycles. The van der Waals surface area contributed by atoms with Gasteiger partial charge >= 0.3 is 0 Å². The lowest BCUT2D eigenvalue weighted by Gasteiger charge is -2.18. The second kappa shape index (κ2) is 9.61. The van der Waals surface area contributed by atoms with Gasteiger partial charge in [-0.3, -0.25) is 9.59 Å². The van der Waals surface area contributed by atoms with Gasteiger partial charge in [-0.1, -0.05) is 13.8 Å². The molecule has 0 radical (unpaired) electrons. The van der Waals surface area contributed by atoms with Crippen molar-refractivity contribution in [2.24, 2.45) is 17.4 Å². The highest BCUT2D eigenvalue weighted by atomic mass is 35.5. The second-order valence-corrected chi connectivity index (χ2v) is 7.77. The number of carbonyl (C=O) groups excluding carboxylic acids is 2. The van der Waals surface area contributed by atoms with E-state index >= 15 is 0 Å². The van der Waals surface area contributed by atoms with Gasteiger partial charge in [0.25, 0.3) is 5.91 Å². The van der Waals surface area contributed by atoms with Crippen LogP contribution in [0.3, 0.4) is 0 Å². The van der Waals surface area contributed by atoms with E-state index in [1.165, 1.54) is 24.3 Å². The lowest BCUT2D eigenvalue weighted by Crippen LogP contribution is -2.41. The monoisotopic (exact) mass is 377 g/mol. The van der Waals surface area contributed by atoms with E-state index in [1.54, 1.807) is 0 Å². The highest BCUT2D eigenvalue weighted by Gasteiger charge is 2.19. The molecule has 0 saturated heterocycles. The average Bonchev–Trinajstić information content (AvgIpc) is 2.44.